The summed E-state index contributed by atoms with van der Waals surface area (Å²) in [6, 6.07) is -0.539. The molecule has 0 aromatic heterocycles. The van der Waals surface area contributed by atoms with Gasteiger partial charge in [-0.25, -0.2) is 0 Å². The van der Waals surface area contributed by atoms with Crippen molar-refractivity contribution in [3.05, 3.63) is 24.3 Å². The van der Waals surface area contributed by atoms with Gasteiger partial charge in [-0.05, 0) is 57.8 Å². The number of aliphatic hydroxyl groups is 2. The number of hydrogen-bond donors (Lipinski definition) is 3. The molecule has 0 radical (unpaired) electrons. The minimum atomic E-state index is -0.663. The SMILES string of the molecule is CCCCCCCCCCCCCCCCCCCCCC(O)C(CO)NC(=O)CCCCCCCCCCCCCCCCCCC/C=C\C/C=C\CCCCCCCCCCCCCCCCCOC(=O)CCCCCCCCCCCCC. The smallest absolute Gasteiger partial charge is 0.305 e. The first-order chi connectivity index (χ1) is 42.5. The highest BCUT2D eigenvalue weighted by Gasteiger charge is 2.20. The van der Waals surface area contributed by atoms with Crippen molar-refractivity contribution in [3.8, 4) is 0 Å². The van der Waals surface area contributed by atoms with E-state index in [-0.39, 0.29) is 18.5 Å². The van der Waals surface area contributed by atoms with E-state index in [0.717, 1.165) is 44.9 Å². The topological polar surface area (TPSA) is 95.9 Å². The number of carbonyl (C=O) groups is 2. The average Bonchev–Trinajstić information content (AvgIpc) is 3.60. The number of hydrogen-bond acceptors (Lipinski definition) is 5. The van der Waals surface area contributed by atoms with Crippen molar-refractivity contribution in [3.63, 3.8) is 0 Å². The molecule has 0 rings (SSSR count). The number of rotatable bonds is 75. The lowest BCUT2D eigenvalue weighted by Crippen LogP contribution is -2.45. The maximum absolute atomic E-state index is 12.6. The first kappa shape index (κ1) is 84.3. The van der Waals surface area contributed by atoms with Crippen molar-refractivity contribution < 1.29 is 24.5 Å². The molecule has 0 fully saturated rings. The lowest BCUT2D eigenvalue weighted by atomic mass is 10.0. The molecule has 0 heterocycles. The molecule has 0 saturated heterocycles. The quantitative estimate of drug-likeness (QED) is 0.0320. The van der Waals surface area contributed by atoms with Gasteiger partial charge in [0.1, 0.15) is 0 Å². The number of esters is 1. The van der Waals surface area contributed by atoms with Crippen LogP contribution < -0.4 is 5.32 Å². The molecule has 1 amide bonds. The fraction of sp³-hybridized carbons (Fsp3) is 0.925. The van der Waals surface area contributed by atoms with Crippen LogP contribution >= 0.6 is 0 Å². The van der Waals surface area contributed by atoms with Crippen molar-refractivity contribution in [2.24, 2.45) is 0 Å². The number of unbranched alkanes of at least 4 members (excludes halogenated alkanes) is 60. The Morgan fingerprint density at radius 2 is 0.581 bits per heavy atom. The fourth-order valence-corrected chi connectivity index (χ4v) is 12.7. The van der Waals surface area contributed by atoms with Crippen molar-refractivity contribution in [2.45, 2.75) is 463 Å². The molecule has 0 aliphatic rings. The van der Waals surface area contributed by atoms with E-state index in [1.165, 1.54) is 372 Å². The molecule has 0 aromatic carbocycles. The Balaban J connectivity index is 3.35. The standard InChI is InChI=1S/C80H155NO5/c1-3-5-7-9-11-13-15-16-17-18-40-43-46-49-53-56-60-64-68-72-78(83)77(76-82)81-79(84)73-69-65-61-57-54-50-47-44-41-38-36-34-32-30-28-26-24-22-20-19-21-23-25-27-29-31-33-35-37-39-42-45-48-51-55-59-63-67-71-75-86-80(85)74-70-66-62-58-52-14-12-10-8-6-4-2/h19-20,23,25,77-78,82-83H,3-18,21-22,24,26-76H2,1-2H3,(H,81,84)/b20-19-,25-23-. The first-order valence-electron chi connectivity index (χ1n) is 39.6. The molecule has 0 aliphatic carbocycles. The number of amides is 1. The molecule has 0 aliphatic heterocycles. The van der Waals surface area contributed by atoms with E-state index >= 15 is 0 Å². The highest BCUT2D eigenvalue weighted by atomic mass is 16.5. The summed E-state index contributed by atoms with van der Waals surface area (Å²) in [5.41, 5.74) is 0. The first-order valence-corrected chi connectivity index (χ1v) is 39.6. The highest BCUT2D eigenvalue weighted by Crippen LogP contribution is 2.20. The summed E-state index contributed by atoms with van der Waals surface area (Å²) >= 11 is 0. The molecular formula is C80H155NO5. The predicted octanol–water partition coefficient (Wildman–Crippen LogP) is 26.0. The summed E-state index contributed by atoms with van der Waals surface area (Å²) in [6.45, 7) is 5.00. The Hall–Kier alpha value is -1.66. The zero-order valence-corrected chi connectivity index (χ0v) is 58.6. The third kappa shape index (κ3) is 71.4. The van der Waals surface area contributed by atoms with E-state index in [0.29, 0.717) is 25.9 Å². The van der Waals surface area contributed by atoms with Gasteiger partial charge < -0.3 is 20.3 Å². The van der Waals surface area contributed by atoms with Crippen LogP contribution in [0.5, 0.6) is 0 Å². The largest absolute Gasteiger partial charge is 0.466 e. The third-order valence-corrected chi connectivity index (χ3v) is 18.8. The van der Waals surface area contributed by atoms with Gasteiger partial charge >= 0.3 is 5.97 Å². The molecule has 6 nitrogen and oxygen atoms in total. The summed E-state index contributed by atoms with van der Waals surface area (Å²) in [5, 5.41) is 23.4. The van der Waals surface area contributed by atoms with Gasteiger partial charge in [0.2, 0.25) is 5.91 Å². The lowest BCUT2D eigenvalue weighted by molar-refractivity contribution is -0.143. The minimum absolute atomic E-state index is 0.0208. The number of aliphatic hydroxyl groups excluding tert-OH is 2. The lowest BCUT2D eigenvalue weighted by Gasteiger charge is -2.22. The fourth-order valence-electron chi connectivity index (χ4n) is 12.7. The van der Waals surface area contributed by atoms with Crippen LogP contribution in [-0.2, 0) is 14.3 Å². The van der Waals surface area contributed by atoms with E-state index < -0.39 is 12.1 Å². The van der Waals surface area contributed by atoms with Gasteiger partial charge in [-0.15, -0.1) is 0 Å². The molecule has 0 spiro atoms. The van der Waals surface area contributed by atoms with Crippen LogP contribution in [0.3, 0.4) is 0 Å². The maximum Gasteiger partial charge on any atom is 0.305 e. The number of ether oxygens (including phenoxy) is 1. The summed E-state index contributed by atoms with van der Waals surface area (Å²) in [4.78, 5) is 24.6. The zero-order chi connectivity index (χ0) is 62.0. The Morgan fingerprint density at radius 3 is 0.884 bits per heavy atom. The predicted molar refractivity (Wildman–Crippen MR) is 380 cm³/mol. The molecule has 2 atom stereocenters. The van der Waals surface area contributed by atoms with Gasteiger partial charge in [0.15, 0.2) is 0 Å². The molecule has 510 valence electrons. The second-order valence-electron chi connectivity index (χ2n) is 27.4. The van der Waals surface area contributed by atoms with E-state index in [2.05, 4.69) is 43.5 Å². The molecule has 0 saturated carbocycles. The average molecular weight is 1210 g/mol. The summed E-state index contributed by atoms with van der Waals surface area (Å²) in [7, 11) is 0. The molecular weight excluding hydrogens is 1050 g/mol. The van der Waals surface area contributed by atoms with Crippen LogP contribution in [0, 0.1) is 0 Å². The van der Waals surface area contributed by atoms with Crippen LogP contribution in [0.2, 0.25) is 0 Å². The molecule has 86 heavy (non-hydrogen) atoms. The van der Waals surface area contributed by atoms with Crippen LogP contribution in [0.4, 0.5) is 0 Å². The van der Waals surface area contributed by atoms with Gasteiger partial charge in [-0.2, -0.15) is 0 Å². The van der Waals surface area contributed by atoms with Gasteiger partial charge in [0, 0.05) is 12.8 Å². The summed E-state index contributed by atoms with van der Waals surface area (Å²) in [5.74, 6) is -0.00624. The van der Waals surface area contributed by atoms with Crippen LogP contribution in [0.15, 0.2) is 24.3 Å². The Kier molecular flexibility index (Phi) is 74.3. The normalized spacial score (nSPS) is 12.6. The molecule has 3 N–H and O–H groups in total. The van der Waals surface area contributed by atoms with Gasteiger partial charge in [-0.1, -0.05) is 404 Å². The second-order valence-corrected chi connectivity index (χ2v) is 27.4. The Morgan fingerprint density at radius 1 is 0.326 bits per heavy atom. The van der Waals surface area contributed by atoms with Gasteiger partial charge in [0.05, 0.1) is 25.4 Å². The van der Waals surface area contributed by atoms with Crippen molar-refractivity contribution in [2.75, 3.05) is 13.2 Å². The van der Waals surface area contributed by atoms with E-state index in [9.17, 15) is 19.8 Å². The monoisotopic (exact) mass is 1210 g/mol. The highest BCUT2D eigenvalue weighted by molar-refractivity contribution is 5.76. The van der Waals surface area contributed by atoms with Crippen molar-refractivity contribution in [1.82, 2.24) is 5.32 Å². The molecule has 0 aromatic rings. The number of carbonyl (C=O) groups excluding carboxylic acids is 2. The van der Waals surface area contributed by atoms with E-state index in [1.807, 2.05) is 0 Å². The Labute approximate surface area is 539 Å². The minimum Gasteiger partial charge on any atom is -0.466 e. The van der Waals surface area contributed by atoms with Crippen LogP contribution in [0.25, 0.3) is 0 Å². The van der Waals surface area contributed by atoms with Gasteiger partial charge in [-0.3, -0.25) is 9.59 Å². The molecule has 2 unspecified atom stereocenters. The molecule has 0 bridgehead atoms. The van der Waals surface area contributed by atoms with Crippen molar-refractivity contribution >= 4 is 11.9 Å². The number of nitrogens with one attached hydrogen (secondary N) is 1. The van der Waals surface area contributed by atoms with Crippen LogP contribution in [-0.4, -0.2) is 47.4 Å². The van der Waals surface area contributed by atoms with Crippen LogP contribution in [0.1, 0.15) is 450 Å². The van der Waals surface area contributed by atoms with E-state index in [1.54, 1.807) is 0 Å². The van der Waals surface area contributed by atoms with Gasteiger partial charge in [0.25, 0.3) is 0 Å². The Bertz CT molecular complexity index is 1350. The zero-order valence-electron chi connectivity index (χ0n) is 58.6. The van der Waals surface area contributed by atoms with E-state index in [4.69, 9.17) is 4.74 Å². The maximum atomic E-state index is 12.6. The summed E-state index contributed by atoms with van der Waals surface area (Å²) in [6.07, 6.45) is 97.1. The third-order valence-electron chi connectivity index (χ3n) is 18.8. The second kappa shape index (κ2) is 75.8. The number of allylic oxidation sites excluding steroid dienone is 4. The molecule has 6 heteroatoms. The van der Waals surface area contributed by atoms with Crippen molar-refractivity contribution in [1.29, 1.82) is 0 Å². The summed E-state index contributed by atoms with van der Waals surface area (Å²) < 4.78 is 5.48.